The number of hydrazine groups is 1. The second-order valence-electron chi connectivity index (χ2n) is 13.1. The van der Waals surface area contributed by atoms with Gasteiger partial charge in [-0.2, -0.15) is 0 Å². The van der Waals surface area contributed by atoms with Crippen LogP contribution in [0.25, 0.3) is 0 Å². The molecule has 238 valence electrons. The van der Waals surface area contributed by atoms with Crippen LogP contribution in [0.1, 0.15) is 52.2 Å². The molecule has 2 heterocycles. The minimum Gasteiger partial charge on any atom is -0.444 e. The second kappa shape index (κ2) is 13.4. The van der Waals surface area contributed by atoms with E-state index >= 15 is 0 Å². The maximum atomic E-state index is 14.4. The fraction of sp³-hybridized carbons (Fsp3) is 0.515. The molecule has 4 amide bonds. The SMILES string of the molecule is CN1C(=O)[C@]2(Cc3ccccc3)CNCCC2N1C(=O)[C@@H](COCc1ccccc1)NC(=O)C(C)(C)NC(=O)OC(C)(C)C. The fourth-order valence-electron chi connectivity index (χ4n) is 5.82. The summed E-state index contributed by atoms with van der Waals surface area (Å²) in [5.41, 5.74) is -1.12. The molecule has 2 aliphatic rings. The fourth-order valence-corrected chi connectivity index (χ4v) is 5.82. The quantitative estimate of drug-likeness (QED) is 0.379. The number of carbonyl (C=O) groups excluding carboxylic acids is 4. The lowest BCUT2D eigenvalue weighted by atomic mass is 9.72. The van der Waals surface area contributed by atoms with Gasteiger partial charge in [-0.15, -0.1) is 0 Å². The Hall–Kier alpha value is -3.96. The van der Waals surface area contributed by atoms with Crippen LogP contribution in [0, 0.1) is 5.41 Å². The molecule has 11 nitrogen and oxygen atoms in total. The predicted molar refractivity (Wildman–Crippen MR) is 165 cm³/mol. The zero-order valence-electron chi connectivity index (χ0n) is 26.5. The van der Waals surface area contributed by atoms with Gasteiger partial charge in [-0.3, -0.25) is 19.4 Å². The molecule has 0 radical (unpaired) electrons. The number of carbonyl (C=O) groups is 4. The van der Waals surface area contributed by atoms with Gasteiger partial charge in [0.15, 0.2) is 0 Å². The first-order valence-electron chi connectivity index (χ1n) is 15.0. The summed E-state index contributed by atoms with van der Waals surface area (Å²) in [6, 6.07) is 17.7. The van der Waals surface area contributed by atoms with E-state index in [0.717, 1.165) is 11.1 Å². The van der Waals surface area contributed by atoms with E-state index in [-0.39, 0.29) is 19.1 Å². The van der Waals surface area contributed by atoms with E-state index in [1.165, 1.54) is 23.9 Å². The van der Waals surface area contributed by atoms with E-state index in [1.54, 1.807) is 27.8 Å². The first-order chi connectivity index (χ1) is 20.7. The molecule has 11 heteroatoms. The monoisotopic (exact) mass is 607 g/mol. The molecule has 0 bridgehead atoms. The van der Waals surface area contributed by atoms with Gasteiger partial charge >= 0.3 is 6.09 Å². The standard InChI is InChI=1S/C33H45N5O6/c1-31(2,3)44-30(42)36-32(4,5)28(40)35-25(21-43-20-24-15-11-8-12-16-24)27(39)38-26-17-18-34-22-33(26,29(41)37(38)6)19-23-13-9-7-10-14-23/h7-16,25-26,34H,17-22H2,1-6H3,(H,35,40)(H,36,42)/t25-,26?,33-/m1/s1. The molecule has 44 heavy (non-hydrogen) atoms. The maximum absolute atomic E-state index is 14.4. The molecule has 0 aliphatic carbocycles. The highest BCUT2D eigenvalue weighted by molar-refractivity contribution is 5.96. The third kappa shape index (κ3) is 7.57. The number of nitrogens with zero attached hydrogens (tertiary/aromatic N) is 2. The molecule has 2 saturated heterocycles. The zero-order chi connectivity index (χ0) is 32.1. The number of piperidine rings is 1. The first kappa shape index (κ1) is 32.9. The molecule has 0 spiro atoms. The molecule has 4 rings (SSSR count). The number of rotatable bonds is 10. The lowest BCUT2D eigenvalue weighted by molar-refractivity contribution is -0.158. The highest BCUT2D eigenvalue weighted by Crippen LogP contribution is 2.42. The Morgan fingerprint density at radius 2 is 1.61 bits per heavy atom. The summed E-state index contributed by atoms with van der Waals surface area (Å²) in [7, 11) is 1.60. The van der Waals surface area contributed by atoms with E-state index < -0.39 is 46.5 Å². The topological polar surface area (TPSA) is 129 Å². The summed E-state index contributed by atoms with van der Waals surface area (Å²) in [5.74, 6) is -1.22. The van der Waals surface area contributed by atoms with Crippen molar-refractivity contribution in [3.63, 3.8) is 0 Å². The minimum atomic E-state index is -1.42. The van der Waals surface area contributed by atoms with Gasteiger partial charge in [0.2, 0.25) is 5.91 Å². The predicted octanol–water partition coefficient (Wildman–Crippen LogP) is 2.80. The van der Waals surface area contributed by atoms with Crippen LogP contribution in [0.5, 0.6) is 0 Å². The van der Waals surface area contributed by atoms with Crippen molar-refractivity contribution in [1.29, 1.82) is 0 Å². The molecule has 2 aromatic carbocycles. The smallest absolute Gasteiger partial charge is 0.408 e. The van der Waals surface area contributed by atoms with Crippen molar-refractivity contribution in [3.8, 4) is 0 Å². The van der Waals surface area contributed by atoms with Crippen LogP contribution in [0.15, 0.2) is 60.7 Å². The Morgan fingerprint density at radius 1 is 1.00 bits per heavy atom. The van der Waals surface area contributed by atoms with Crippen molar-refractivity contribution in [3.05, 3.63) is 71.8 Å². The Morgan fingerprint density at radius 3 is 2.23 bits per heavy atom. The molecular formula is C33H45N5O6. The minimum absolute atomic E-state index is 0.142. The summed E-state index contributed by atoms with van der Waals surface area (Å²) in [6.45, 7) is 9.38. The van der Waals surface area contributed by atoms with Gasteiger partial charge < -0.3 is 25.4 Å². The van der Waals surface area contributed by atoms with Crippen LogP contribution in [0.3, 0.4) is 0 Å². The normalized spacial score (nSPS) is 21.0. The summed E-state index contributed by atoms with van der Waals surface area (Å²) < 4.78 is 11.3. The number of benzene rings is 2. The molecule has 3 N–H and O–H groups in total. The third-order valence-corrected chi connectivity index (χ3v) is 7.98. The Bertz CT molecular complexity index is 1330. The van der Waals surface area contributed by atoms with Crippen molar-refractivity contribution in [2.75, 3.05) is 26.7 Å². The van der Waals surface area contributed by atoms with Gasteiger partial charge in [0.1, 0.15) is 17.2 Å². The van der Waals surface area contributed by atoms with Crippen molar-refractivity contribution in [2.45, 2.75) is 77.3 Å². The average molecular weight is 608 g/mol. The van der Waals surface area contributed by atoms with Crippen molar-refractivity contribution in [2.24, 2.45) is 5.41 Å². The Balaban J connectivity index is 1.58. The van der Waals surface area contributed by atoms with Crippen molar-refractivity contribution in [1.82, 2.24) is 26.0 Å². The molecule has 2 aromatic rings. The maximum Gasteiger partial charge on any atom is 0.408 e. The number of hydrogen-bond donors (Lipinski definition) is 3. The second-order valence-corrected chi connectivity index (χ2v) is 13.1. The Kier molecular flexibility index (Phi) is 10.00. The van der Waals surface area contributed by atoms with Gasteiger partial charge in [-0.05, 0) is 65.1 Å². The lowest BCUT2D eigenvalue weighted by Crippen LogP contribution is -2.63. The van der Waals surface area contributed by atoms with Gasteiger partial charge in [0.25, 0.3) is 11.8 Å². The molecule has 2 aliphatic heterocycles. The van der Waals surface area contributed by atoms with Crippen LogP contribution in [0.4, 0.5) is 4.79 Å². The molecule has 0 saturated carbocycles. The molecule has 3 atom stereocenters. The van der Waals surface area contributed by atoms with E-state index in [4.69, 9.17) is 9.47 Å². The van der Waals surface area contributed by atoms with Crippen LogP contribution in [0.2, 0.25) is 0 Å². The van der Waals surface area contributed by atoms with E-state index in [0.29, 0.717) is 25.9 Å². The third-order valence-electron chi connectivity index (χ3n) is 7.98. The van der Waals surface area contributed by atoms with E-state index in [2.05, 4.69) is 16.0 Å². The van der Waals surface area contributed by atoms with Crippen LogP contribution < -0.4 is 16.0 Å². The average Bonchev–Trinajstić information content (AvgIpc) is 3.17. The van der Waals surface area contributed by atoms with Crippen molar-refractivity contribution < 1.29 is 28.7 Å². The molecule has 0 aromatic heterocycles. The first-order valence-corrected chi connectivity index (χ1v) is 15.0. The lowest BCUT2D eigenvalue weighted by Gasteiger charge is -2.40. The number of fused-ring (bicyclic) bond motifs is 1. The van der Waals surface area contributed by atoms with Crippen molar-refractivity contribution >= 4 is 23.8 Å². The molecule has 1 unspecified atom stereocenters. The van der Waals surface area contributed by atoms with E-state index in [9.17, 15) is 19.2 Å². The number of nitrogens with one attached hydrogen (secondary N) is 3. The van der Waals surface area contributed by atoms with E-state index in [1.807, 2.05) is 60.7 Å². The largest absolute Gasteiger partial charge is 0.444 e. The molecule has 2 fully saturated rings. The van der Waals surface area contributed by atoms with Gasteiger partial charge in [-0.1, -0.05) is 60.7 Å². The van der Waals surface area contributed by atoms with Crippen LogP contribution in [-0.4, -0.2) is 83.8 Å². The summed E-state index contributed by atoms with van der Waals surface area (Å²) >= 11 is 0. The summed E-state index contributed by atoms with van der Waals surface area (Å²) in [6.07, 6.45) is 0.268. The molecular weight excluding hydrogens is 562 g/mol. The van der Waals surface area contributed by atoms with Gasteiger partial charge in [0, 0.05) is 13.6 Å². The zero-order valence-corrected chi connectivity index (χ0v) is 26.5. The highest BCUT2D eigenvalue weighted by atomic mass is 16.6. The number of hydrogen-bond acceptors (Lipinski definition) is 7. The summed E-state index contributed by atoms with van der Waals surface area (Å²) in [4.78, 5) is 54.4. The number of ether oxygens (including phenoxy) is 2. The number of amides is 4. The highest BCUT2D eigenvalue weighted by Gasteiger charge is 2.60. The van der Waals surface area contributed by atoms with Gasteiger partial charge in [-0.25, -0.2) is 9.80 Å². The summed E-state index contributed by atoms with van der Waals surface area (Å²) in [5, 5.41) is 11.6. The van der Waals surface area contributed by atoms with Gasteiger partial charge in [0.05, 0.1) is 24.7 Å². The van der Waals surface area contributed by atoms with Crippen LogP contribution >= 0.6 is 0 Å². The van der Waals surface area contributed by atoms with Crippen LogP contribution in [-0.2, 0) is 36.9 Å². The number of alkyl carbamates (subject to hydrolysis) is 1. The Labute approximate surface area is 259 Å².